The van der Waals surface area contributed by atoms with Crippen molar-refractivity contribution in [2.24, 2.45) is 0 Å². The summed E-state index contributed by atoms with van der Waals surface area (Å²) in [7, 11) is 1.67. The topological polar surface area (TPSA) is 87.2 Å². The highest BCUT2D eigenvalue weighted by molar-refractivity contribution is 9.10. The van der Waals surface area contributed by atoms with Crippen LogP contribution in [-0.2, 0) is 13.1 Å². The fraction of sp³-hybridized carbons (Fsp3) is 0.318. The second-order valence-corrected chi connectivity index (χ2v) is 8.12. The highest BCUT2D eigenvalue weighted by atomic mass is 79.9. The van der Waals surface area contributed by atoms with Crippen molar-refractivity contribution < 1.29 is 4.74 Å². The first-order valence-electron chi connectivity index (χ1n) is 10.3. The third-order valence-corrected chi connectivity index (χ3v) is 5.44. The Kier molecular flexibility index (Phi) is 7.16. The molecule has 8 nitrogen and oxygen atoms in total. The van der Waals surface area contributed by atoms with Crippen molar-refractivity contribution >= 4 is 33.8 Å². The maximum absolute atomic E-state index is 5.31. The van der Waals surface area contributed by atoms with Gasteiger partial charge in [0.25, 0.3) is 0 Å². The van der Waals surface area contributed by atoms with Crippen LogP contribution in [0.1, 0.15) is 11.1 Å². The molecule has 31 heavy (non-hydrogen) atoms. The van der Waals surface area contributed by atoms with Crippen LogP contribution in [0.4, 0.5) is 17.8 Å². The molecule has 1 aliphatic rings. The maximum atomic E-state index is 5.31. The molecule has 0 radical (unpaired) electrons. The highest BCUT2D eigenvalue weighted by Gasteiger charge is 2.16. The lowest BCUT2D eigenvalue weighted by atomic mass is 10.2. The van der Waals surface area contributed by atoms with Gasteiger partial charge >= 0.3 is 0 Å². The average Bonchev–Trinajstić information content (AvgIpc) is 2.82. The number of rotatable bonds is 8. The van der Waals surface area contributed by atoms with Gasteiger partial charge < -0.3 is 25.6 Å². The summed E-state index contributed by atoms with van der Waals surface area (Å²) >= 11 is 3.52. The van der Waals surface area contributed by atoms with E-state index in [1.54, 1.807) is 7.11 Å². The molecule has 0 aliphatic carbocycles. The molecular formula is C22H26BrN7O. The molecule has 9 heteroatoms. The summed E-state index contributed by atoms with van der Waals surface area (Å²) in [6.07, 6.45) is 0. The van der Waals surface area contributed by atoms with Gasteiger partial charge in [-0.15, -0.1) is 0 Å². The van der Waals surface area contributed by atoms with E-state index in [1.165, 1.54) is 0 Å². The molecule has 0 unspecified atom stereocenters. The highest BCUT2D eigenvalue weighted by Crippen LogP contribution is 2.18. The van der Waals surface area contributed by atoms with Crippen molar-refractivity contribution in [1.82, 2.24) is 20.3 Å². The number of nitrogens with one attached hydrogen (secondary N) is 3. The fourth-order valence-electron chi connectivity index (χ4n) is 3.32. The number of nitrogens with zero attached hydrogens (tertiary/aromatic N) is 4. The molecule has 0 atom stereocenters. The zero-order valence-corrected chi connectivity index (χ0v) is 19.0. The van der Waals surface area contributed by atoms with Gasteiger partial charge in [-0.3, -0.25) is 0 Å². The standard InChI is InChI=1S/C22H26BrN7O/c1-31-19-7-3-5-17(13-19)15-26-21-27-20(25-14-16-4-2-6-18(23)12-16)28-22(29-21)30-10-8-24-9-11-30/h2-7,12-13,24H,8-11,14-15H2,1H3,(H2,25,26,27,28,29). The number of hydrogen-bond acceptors (Lipinski definition) is 8. The summed E-state index contributed by atoms with van der Waals surface area (Å²) < 4.78 is 6.36. The Morgan fingerprint density at radius 2 is 1.58 bits per heavy atom. The van der Waals surface area contributed by atoms with E-state index in [-0.39, 0.29) is 0 Å². The number of methoxy groups -OCH3 is 1. The van der Waals surface area contributed by atoms with Gasteiger partial charge in [-0.25, -0.2) is 0 Å². The first-order chi connectivity index (χ1) is 15.2. The molecule has 1 saturated heterocycles. The minimum Gasteiger partial charge on any atom is -0.497 e. The van der Waals surface area contributed by atoms with Crippen LogP contribution in [0.25, 0.3) is 0 Å². The predicted molar refractivity (Wildman–Crippen MR) is 127 cm³/mol. The Morgan fingerprint density at radius 1 is 0.935 bits per heavy atom. The Balaban J connectivity index is 1.51. The third kappa shape index (κ3) is 6.05. The molecule has 1 aliphatic heterocycles. The van der Waals surface area contributed by atoms with Crippen LogP contribution in [0.3, 0.4) is 0 Å². The van der Waals surface area contributed by atoms with Gasteiger partial charge in [0.05, 0.1) is 7.11 Å². The zero-order valence-electron chi connectivity index (χ0n) is 17.4. The van der Waals surface area contributed by atoms with E-state index in [9.17, 15) is 0 Å². The summed E-state index contributed by atoms with van der Waals surface area (Å²) in [6.45, 7) is 4.78. The number of aromatic nitrogens is 3. The average molecular weight is 484 g/mol. The van der Waals surface area contributed by atoms with Crippen molar-refractivity contribution in [3.05, 3.63) is 64.1 Å². The van der Waals surface area contributed by atoms with Crippen LogP contribution in [0.5, 0.6) is 5.75 Å². The molecule has 162 valence electrons. The number of piperazine rings is 1. The van der Waals surface area contributed by atoms with Gasteiger partial charge in [0.1, 0.15) is 5.75 Å². The van der Waals surface area contributed by atoms with Crippen LogP contribution in [0.2, 0.25) is 0 Å². The molecule has 2 aromatic carbocycles. The van der Waals surface area contributed by atoms with Gasteiger partial charge in [-0.2, -0.15) is 15.0 Å². The molecule has 1 aromatic heterocycles. The summed E-state index contributed by atoms with van der Waals surface area (Å²) in [5.41, 5.74) is 2.23. The van der Waals surface area contributed by atoms with Gasteiger partial charge in [0, 0.05) is 43.7 Å². The van der Waals surface area contributed by atoms with Gasteiger partial charge in [-0.05, 0) is 35.4 Å². The molecule has 0 amide bonds. The van der Waals surface area contributed by atoms with E-state index in [2.05, 4.69) is 63.9 Å². The predicted octanol–water partition coefficient (Wildman–Crippen LogP) is 3.28. The van der Waals surface area contributed by atoms with Crippen molar-refractivity contribution in [3.63, 3.8) is 0 Å². The van der Waals surface area contributed by atoms with E-state index in [0.717, 1.165) is 47.5 Å². The van der Waals surface area contributed by atoms with E-state index >= 15 is 0 Å². The van der Waals surface area contributed by atoms with Crippen molar-refractivity contribution in [1.29, 1.82) is 0 Å². The van der Waals surface area contributed by atoms with Gasteiger partial charge in [0.15, 0.2) is 0 Å². The number of ether oxygens (including phenoxy) is 1. The first kappa shape index (κ1) is 21.3. The Labute approximate surface area is 190 Å². The molecule has 3 aromatic rings. The summed E-state index contributed by atoms with van der Waals surface area (Å²) in [4.78, 5) is 16.1. The van der Waals surface area contributed by atoms with Crippen LogP contribution in [0, 0.1) is 0 Å². The lowest BCUT2D eigenvalue weighted by molar-refractivity contribution is 0.414. The lowest BCUT2D eigenvalue weighted by Gasteiger charge is -2.27. The maximum Gasteiger partial charge on any atom is 0.232 e. The number of hydrogen-bond donors (Lipinski definition) is 3. The SMILES string of the molecule is COc1cccc(CNc2nc(NCc3cccc(Br)c3)nc(N3CCNCC3)n2)c1. The smallest absolute Gasteiger partial charge is 0.232 e. The van der Waals surface area contributed by atoms with Crippen LogP contribution >= 0.6 is 15.9 Å². The summed E-state index contributed by atoms with van der Waals surface area (Å²) in [6, 6.07) is 16.1. The van der Waals surface area contributed by atoms with E-state index in [4.69, 9.17) is 4.74 Å². The molecule has 4 rings (SSSR count). The number of halogens is 1. The lowest BCUT2D eigenvalue weighted by Crippen LogP contribution is -2.44. The first-order valence-corrected chi connectivity index (χ1v) is 11.1. The van der Waals surface area contributed by atoms with E-state index < -0.39 is 0 Å². The second kappa shape index (κ2) is 10.4. The van der Waals surface area contributed by atoms with E-state index in [1.807, 2.05) is 36.4 Å². The minimum absolute atomic E-state index is 0.545. The monoisotopic (exact) mass is 483 g/mol. The van der Waals surface area contributed by atoms with Crippen LogP contribution in [0.15, 0.2) is 53.0 Å². The summed E-state index contributed by atoms with van der Waals surface area (Å²) in [5.74, 6) is 2.61. The molecule has 0 spiro atoms. The van der Waals surface area contributed by atoms with Crippen molar-refractivity contribution in [2.75, 3.05) is 48.8 Å². The van der Waals surface area contributed by atoms with Crippen molar-refractivity contribution in [2.45, 2.75) is 13.1 Å². The van der Waals surface area contributed by atoms with Gasteiger partial charge in [-0.1, -0.05) is 40.2 Å². The Morgan fingerprint density at radius 3 is 2.23 bits per heavy atom. The molecule has 0 saturated carbocycles. The third-order valence-electron chi connectivity index (χ3n) is 4.95. The second-order valence-electron chi connectivity index (χ2n) is 7.21. The molecule has 2 heterocycles. The van der Waals surface area contributed by atoms with Crippen LogP contribution < -0.4 is 25.6 Å². The molecule has 3 N–H and O–H groups in total. The van der Waals surface area contributed by atoms with E-state index in [0.29, 0.717) is 30.9 Å². The largest absolute Gasteiger partial charge is 0.497 e. The zero-order chi connectivity index (χ0) is 21.5. The number of benzene rings is 2. The molecular weight excluding hydrogens is 458 g/mol. The normalized spacial score (nSPS) is 13.7. The fourth-order valence-corrected chi connectivity index (χ4v) is 3.77. The quantitative estimate of drug-likeness (QED) is 0.449. The number of anilines is 3. The van der Waals surface area contributed by atoms with Crippen molar-refractivity contribution in [3.8, 4) is 5.75 Å². The van der Waals surface area contributed by atoms with Crippen LogP contribution in [-0.4, -0.2) is 48.2 Å². The molecule has 0 bridgehead atoms. The van der Waals surface area contributed by atoms with Gasteiger partial charge in [0.2, 0.25) is 17.8 Å². The molecule has 1 fully saturated rings. The summed E-state index contributed by atoms with van der Waals surface area (Å²) in [5, 5.41) is 10.0. The minimum atomic E-state index is 0.545. The Bertz CT molecular complexity index is 1010. The Hall–Kier alpha value is -2.91.